The number of aromatic nitrogens is 2. The van der Waals surface area contributed by atoms with Gasteiger partial charge in [-0.25, -0.2) is 18.7 Å². The van der Waals surface area contributed by atoms with Gasteiger partial charge in [0.2, 0.25) is 6.29 Å². The van der Waals surface area contributed by atoms with Gasteiger partial charge in [0.05, 0.1) is 12.2 Å². The molecule has 1 saturated heterocycles. The van der Waals surface area contributed by atoms with Gasteiger partial charge in [-0.15, -0.1) is 0 Å². The summed E-state index contributed by atoms with van der Waals surface area (Å²) in [6.45, 7) is -0.574. The van der Waals surface area contributed by atoms with Crippen LogP contribution in [0.15, 0.2) is 82.5 Å². The van der Waals surface area contributed by atoms with Crippen molar-refractivity contribution < 1.29 is 37.6 Å². The second-order valence-electron chi connectivity index (χ2n) is 8.05. The first-order valence-corrected chi connectivity index (χ1v) is 12.2. The third kappa shape index (κ3) is 6.48. The molecule has 3 aromatic rings. The number of carbonyl (C=O) groups is 1. The van der Waals surface area contributed by atoms with Gasteiger partial charge in [0, 0.05) is 19.4 Å². The fourth-order valence-corrected chi connectivity index (χ4v) is 4.00. The Morgan fingerprint density at radius 1 is 1.00 bits per heavy atom. The number of hydrogen-bond donors (Lipinski definition) is 0. The fourth-order valence-electron chi connectivity index (χ4n) is 3.90. The van der Waals surface area contributed by atoms with E-state index >= 15 is 0 Å². The number of hydrogen-bond acceptors (Lipinski definition) is 10. The summed E-state index contributed by atoms with van der Waals surface area (Å²) >= 11 is 0. The van der Waals surface area contributed by atoms with E-state index < -0.39 is 57.4 Å². The Hall–Kier alpha value is -3.51. The molecular formula is C25H25N2O10P. The number of benzene rings is 2. The standard InChI is InChI=1S/C25H25N2O10P/c1-32-20-21(36-23(29)18-10-6-3-7-11-18)24(34-16-35-38-31)37-22(20)26-13-12-19(28)27(25(26)30)15-33-14-17-8-4-2-5-9-17/h2-13,20-22,24H,14-16H2,1H3/t20?,21-,22-,24+/m1/s1. The first-order chi connectivity index (χ1) is 18.5. The number of rotatable bonds is 12. The van der Waals surface area contributed by atoms with Crippen molar-refractivity contribution in [2.24, 2.45) is 0 Å². The van der Waals surface area contributed by atoms with E-state index in [1.807, 2.05) is 30.3 Å². The zero-order valence-corrected chi connectivity index (χ0v) is 21.2. The average molecular weight is 544 g/mol. The van der Waals surface area contributed by atoms with Crippen LogP contribution in [0, 0.1) is 0 Å². The summed E-state index contributed by atoms with van der Waals surface area (Å²) in [5, 5.41) is 0. The predicted octanol–water partition coefficient (Wildman–Crippen LogP) is 2.48. The molecule has 0 amide bonds. The average Bonchev–Trinajstić information content (AvgIpc) is 3.28. The van der Waals surface area contributed by atoms with Crippen molar-refractivity contribution in [1.82, 2.24) is 9.13 Å². The summed E-state index contributed by atoms with van der Waals surface area (Å²) in [6.07, 6.45) is -3.32. The largest absolute Gasteiger partial charge is 0.450 e. The van der Waals surface area contributed by atoms with Gasteiger partial charge in [-0.2, -0.15) is 0 Å². The van der Waals surface area contributed by atoms with Crippen LogP contribution >= 0.6 is 8.69 Å². The Balaban J connectivity index is 1.57. The first kappa shape index (κ1) is 27.5. The summed E-state index contributed by atoms with van der Waals surface area (Å²) in [5.41, 5.74) is -0.159. The fraction of sp³-hybridized carbons (Fsp3) is 0.320. The van der Waals surface area contributed by atoms with E-state index in [0.29, 0.717) is 0 Å². The molecule has 2 heterocycles. The van der Waals surface area contributed by atoms with E-state index in [1.54, 1.807) is 30.3 Å². The lowest BCUT2D eigenvalue weighted by molar-refractivity contribution is -0.201. The van der Waals surface area contributed by atoms with Crippen molar-refractivity contribution >= 4 is 14.7 Å². The van der Waals surface area contributed by atoms with Crippen molar-refractivity contribution in [2.75, 3.05) is 13.9 Å². The highest BCUT2D eigenvalue weighted by atomic mass is 31.1. The maximum Gasteiger partial charge on any atom is 0.338 e. The SMILES string of the molecule is COC1[C@@H](OC(=O)c2ccccc2)[C@@H](OCOP=O)O[C@H]1n1ccc(=O)n(COCc2ccccc2)c1=O. The minimum atomic E-state index is -1.25. The van der Waals surface area contributed by atoms with Crippen LogP contribution in [0.1, 0.15) is 22.1 Å². The van der Waals surface area contributed by atoms with Crippen LogP contribution in [0.5, 0.6) is 0 Å². The minimum absolute atomic E-state index is 0.189. The molecule has 0 radical (unpaired) electrons. The van der Waals surface area contributed by atoms with E-state index in [2.05, 4.69) is 4.52 Å². The van der Waals surface area contributed by atoms with E-state index in [1.165, 1.54) is 19.4 Å². The molecule has 0 bridgehead atoms. The highest BCUT2D eigenvalue weighted by Gasteiger charge is 2.50. The molecule has 4 rings (SSSR count). The lowest BCUT2D eigenvalue weighted by Crippen LogP contribution is -2.44. The maximum absolute atomic E-state index is 13.3. The molecule has 1 aromatic heterocycles. The number of ether oxygens (including phenoxy) is 5. The van der Waals surface area contributed by atoms with Crippen molar-refractivity contribution in [3.63, 3.8) is 0 Å². The first-order valence-electron chi connectivity index (χ1n) is 11.5. The van der Waals surface area contributed by atoms with Gasteiger partial charge in [-0.05, 0) is 17.7 Å². The smallest absolute Gasteiger partial charge is 0.338 e. The molecule has 0 aliphatic carbocycles. The molecule has 1 unspecified atom stereocenters. The number of methoxy groups -OCH3 is 1. The lowest BCUT2D eigenvalue weighted by atomic mass is 10.2. The van der Waals surface area contributed by atoms with Crippen LogP contribution in [0.4, 0.5) is 0 Å². The van der Waals surface area contributed by atoms with Gasteiger partial charge in [-0.3, -0.25) is 13.9 Å². The zero-order chi connectivity index (χ0) is 26.9. The highest BCUT2D eigenvalue weighted by molar-refractivity contribution is 7.17. The van der Waals surface area contributed by atoms with E-state index in [0.717, 1.165) is 14.7 Å². The van der Waals surface area contributed by atoms with Gasteiger partial charge in [0.25, 0.3) is 5.56 Å². The molecule has 2 aromatic carbocycles. The van der Waals surface area contributed by atoms with Crippen molar-refractivity contribution in [2.45, 2.75) is 38.1 Å². The summed E-state index contributed by atoms with van der Waals surface area (Å²) in [7, 11) is 0.726. The predicted molar refractivity (Wildman–Crippen MR) is 131 cm³/mol. The van der Waals surface area contributed by atoms with E-state index in [9.17, 15) is 18.9 Å². The zero-order valence-electron chi connectivity index (χ0n) is 20.3. The van der Waals surface area contributed by atoms with Crippen LogP contribution < -0.4 is 11.2 Å². The lowest BCUT2D eigenvalue weighted by Gasteiger charge is -2.23. The molecule has 0 N–H and O–H groups in total. The van der Waals surface area contributed by atoms with Crippen LogP contribution in [0.25, 0.3) is 0 Å². The van der Waals surface area contributed by atoms with Gasteiger partial charge in [-0.1, -0.05) is 48.5 Å². The van der Waals surface area contributed by atoms with Gasteiger partial charge in [0.15, 0.2) is 19.1 Å². The second kappa shape index (κ2) is 13.3. The Labute approximate surface area is 218 Å². The summed E-state index contributed by atoms with van der Waals surface area (Å²) in [5.74, 6) is -0.676. The molecule has 1 aliphatic rings. The molecule has 1 fully saturated rings. The van der Waals surface area contributed by atoms with Crippen LogP contribution in [-0.4, -0.2) is 47.5 Å². The molecule has 13 heteroatoms. The molecule has 0 saturated carbocycles. The Morgan fingerprint density at radius 3 is 2.39 bits per heavy atom. The Morgan fingerprint density at radius 2 is 1.71 bits per heavy atom. The number of carbonyl (C=O) groups excluding carboxylic acids is 1. The van der Waals surface area contributed by atoms with Crippen molar-refractivity contribution in [3.05, 3.63) is 105 Å². The molecule has 1 aliphatic heterocycles. The molecule has 4 atom stereocenters. The quantitative estimate of drug-likeness (QED) is 0.145. The Kier molecular flexibility index (Phi) is 9.66. The molecule has 0 spiro atoms. The Bertz CT molecular complexity index is 1330. The van der Waals surface area contributed by atoms with Crippen LogP contribution in [0.2, 0.25) is 0 Å². The number of nitrogens with zero attached hydrogens (tertiary/aromatic N) is 2. The number of esters is 1. The highest BCUT2D eigenvalue weighted by Crippen LogP contribution is 2.34. The third-order valence-corrected chi connectivity index (χ3v) is 5.92. The molecule has 200 valence electrons. The van der Waals surface area contributed by atoms with Crippen LogP contribution in [0.3, 0.4) is 0 Å². The van der Waals surface area contributed by atoms with Crippen molar-refractivity contribution in [1.29, 1.82) is 0 Å². The van der Waals surface area contributed by atoms with E-state index in [4.69, 9.17) is 23.7 Å². The third-order valence-electron chi connectivity index (χ3n) is 5.71. The van der Waals surface area contributed by atoms with Crippen LogP contribution in [-0.2, 0) is 46.1 Å². The van der Waals surface area contributed by atoms with Gasteiger partial charge in [0.1, 0.15) is 12.8 Å². The minimum Gasteiger partial charge on any atom is -0.450 e. The molecule has 38 heavy (non-hydrogen) atoms. The van der Waals surface area contributed by atoms with Gasteiger partial charge >= 0.3 is 20.3 Å². The van der Waals surface area contributed by atoms with Crippen molar-refractivity contribution in [3.8, 4) is 0 Å². The molecule has 12 nitrogen and oxygen atoms in total. The monoisotopic (exact) mass is 544 g/mol. The summed E-state index contributed by atoms with van der Waals surface area (Å²) < 4.78 is 45.5. The second-order valence-corrected chi connectivity index (χ2v) is 8.46. The molecular weight excluding hydrogens is 519 g/mol. The normalized spacial score (nSPS) is 21.0. The summed E-state index contributed by atoms with van der Waals surface area (Å²) in [4.78, 5) is 38.5. The topological polar surface area (TPSA) is 134 Å². The van der Waals surface area contributed by atoms with Gasteiger partial charge < -0.3 is 23.7 Å². The van der Waals surface area contributed by atoms with E-state index in [-0.39, 0.29) is 18.9 Å². The maximum atomic E-state index is 13.3. The summed E-state index contributed by atoms with van der Waals surface area (Å²) in [6, 6.07) is 18.7.